The minimum absolute atomic E-state index is 0.0333. The second-order valence-corrected chi connectivity index (χ2v) is 11.9. The van der Waals surface area contributed by atoms with Gasteiger partial charge in [0.2, 0.25) is 11.8 Å². The first-order chi connectivity index (χ1) is 19.7. The number of nitrogens with zero attached hydrogens (tertiary/aromatic N) is 3. The predicted octanol–water partition coefficient (Wildman–Crippen LogP) is 4.31. The van der Waals surface area contributed by atoms with Crippen LogP contribution < -0.4 is 9.62 Å². The number of amides is 2. The Balaban J connectivity index is 1.65. The minimum Gasteiger partial charge on any atom is -0.352 e. The molecule has 11 heteroatoms. The van der Waals surface area contributed by atoms with Gasteiger partial charge in [-0.1, -0.05) is 61.4 Å². The molecule has 0 saturated heterocycles. The molecule has 3 aromatic carbocycles. The van der Waals surface area contributed by atoms with Gasteiger partial charge in [0.15, 0.2) is 0 Å². The molecule has 1 atom stereocenters. The molecule has 4 rings (SSSR count). The van der Waals surface area contributed by atoms with Crippen LogP contribution in [0.2, 0.25) is 0 Å². The van der Waals surface area contributed by atoms with E-state index in [0.717, 1.165) is 35.6 Å². The fourth-order valence-corrected chi connectivity index (χ4v) is 6.39. The molecular weight excluding hydrogens is 544 g/mol. The highest BCUT2D eigenvalue weighted by Gasteiger charge is 2.33. The number of hydrogen-bond donors (Lipinski definition) is 1. The Morgan fingerprint density at radius 1 is 0.951 bits per heavy atom. The van der Waals surface area contributed by atoms with Crippen molar-refractivity contribution in [3.8, 4) is 0 Å². The maximum atomic E-state index is 13.9. The predicted molar refractivity (Wildman–Crippen MR) is 156 cm³/mol. The summed E-state index contributed by atoms with van der Waals surface area (Å²) in [5, 5.41) is 14.2. The van der Waals surface area contributed by atoms with Gasteiger partial charge in [0.25, 0.3) is 15.7 Å². The van der Waals surface area contributed by atoms with Gasteiger partial charge in [-0.15, -0.1) is 0 Å². The summed E-state index contributed by atoms with van der Waals surface area (Å²) in [5.41, 5.74) is 0.857. The quantitative estimate of drug-likeness (QED) is 0.252. The highest BCUT2D eigenvalue weighted by atomic mass is 32.2. The highest BCUT2D eigenvalue weighted by Crippen LogP contribution is 2.26. The molecule has 0 heterocycles. The molecule has 3 aromatic rings. The molecule has 0 aliphatic heterocycles. The first-order valence-electron chi connectivity index (χ1n) is 13.6. The van der Waals surface area contributed by atoms with E-state index in [9.17, 15) is 28.1 Å². The van der Waals surface area contributed by atoms with E-state index in [1.54, 1.807) is 25.1 Å². The number of anilines is 1. The number of nitrogens with one attached hydrogen (secondary N) is 1. The lowest BCUT2D eigenvalue weighted by atomic mass is 10.1. The zero-order valence-electron chi connectivity index (χ0n) is 22.9. The number of benzene rings is 3. The number of nitro benzene ring substituents is 1. The summed E-state index contributed by atoms with van der Waals surface area (Å²) in [5.74, 6) is -0.848. The zero-order valence-corrected chi connectivity index (χ0v) is 23.7. The Kier molecular flexibility index (Phi) is 9.72. The van der Waals surface area contributed by atoms with Crippen molar-refractivity contribution < 1.29 is 22.9 Å². The summed E-state index contributed by atoms with van der Waals surface area (Å²) in [7, 11) is -4.23. The van der Waals surface area contributed by atoms with Gasteiger partial charge in [0, 0.05) is 24.7 Å². The van der Waals surface area contributed by atoms with Crippen molar-refractivity contribution in [3.05, 3.63) is 101 Å². The van der Waals surface area contributed by atoms with Gasteiger partial charge >= 0.3 is 0 Å². The topological polar surface area (TPSA) is 130 Å². The third-order valence-electron chi connectivity index (χ3n) is 7.31. The number of nitro groups is 1. The standard InChI is InChI=1S/C30H34N4O6S/c1-23(30(36)31-25-12-8-9-13-25)32(21-20-24-10-4-2-5-11-24)29(35)22-33(26-16-18-27(19-17-26)34(37)38)41(39,40)28-14-6-3-7-15-28/h2-7,10-11,14-19,23,25H,8-9,12-13,20-22H2,1H3,(H,31,36). The van der Waals surface area contributed by atoms with Gasteiger partial charge in [0.05, 0.1) is 15.5 Å². The molecule has 1 aliphatic rings. The van der Waals surface area contributed by atoms with Gasteiger partial charge in [0.1, 0.15) is 12.6 Å². The lowest BCUT2D eigenvalue weighted by Gasteiger charge is -2.32. The van der Waals surface area contributed by atoms with Crippen LogP contribution in [-0.4, -0.2) is 55.2 Å². The molecule has 1 fully saturated rings. The van der Waals surface area contributed by atoms with Gasteiger partial charge in [-0.25, -0.2) is 8.42 Å². The first-order valence-corrected chi connectivity index (χ1v) is 15.1. The zero-order chi connectivity index (χ0) is 29.4. The van der Waals surface area contributed by atoms with E-state index in [-0.39, 0.29) is 34.8 Å². The van der Waals surface area contributed by atoms with Crippen LogP contribution in [0.1, 0.15) is 38.2 Å². The van der Waals surface area contributed by atoms with Crippen LogP contribution in [0.25, 0.3) is 0 Å². The average Bonchev–Trinajstić information content (AvgIpc) is 3.50. The number of rotatable bonds is 12. The molecule has 1 saturated carbocycles. The van der Waals surface area contributed by atoms with Crippen molar-refractivity contribution in [2.24, 2.45) is 0 Å². The fraction of sp³-hybridized carbons (Fsp3) is 0.333. The van der Waals surface area contributed by atoms with Crippen molar-refractivity contribution in [1.82, 2.24) is 10.2 Å². The lowest BCUT2D eigenvalue weighted by molar-refractivity contribution is -0.384. The summed E-state index contributed by atoms with van der Waals surface area (Å²) in [6.45, 7) is 1.25. The molecule has 216 valence electrons. The lowest BCUT2D eigenvalue weighted by Crippen LogP contribution is -2.53. The molecular formula is C30H34N4O6S. The Labute approximate surface area is 240 Å². The van der Waals surface area contributed by atoms with Crippen LogP contribution in [0.15, 0.2) is 89.8 Å². The van der Waals surface area contributed by atoms with E-state index in [1.807, 2.05) is 30.3 Å². The molecule has 1 unspecified atom stereocenters. The Morgan fingerprint density at radius 2 is 1.54 bits per heavy atom. The van der Waals surface area contributed by atoms with Crippen molar-refractivity contribution in [1.29, 1.82) is 0 Å². The molecule has 10 nitrogen and oxygen atoms in total. The van der Waals surface area contributed by atoms with E-state index >= 15 is 0 Å². The fourth-order valence-electron chi connectivity index (χ4n) is 4.95. The monoisotopic (exact) mass is 578 g/mol. The van der Waals surface area contributed by atoms with Crippen LogP contribution in [0, 0.1) is 10.1 Å². The maximum Gasteiger partial charge on any atom is 0.269 e. The first kappa shape index (κ1) is 29.7. The molecule has 1 N–H and O–H groups in total. The van der Waals surface area contributed by atoms with Crippen molar-refractivity contribution >= 4 is 33.2 Å². The van der Waals surface area contributed by atoms with E-state index in [0.29, 0.717) is 6.42 Å². The summed E-state index contributed by atoms with van der Waals surface area (Å²) >= 11 is 0. The Morgan fingerprint density at radius 3 is 2.12 bits per heavy atom. The summed E-state index contributed by atoms with van der Waals surface area (Å²) < 4.78 is 28.5. The van der Waals surface area contributed by atoms with Crippen molar-refractivity contribution in [2.45, 2.75) is 56.0 Å². The van der Waals surface area contributed by atoms with E-state index < -0.39 is 33.4 Å². The second-order valence-electron chi connectivity index (χ2n) is 10.1. The molecule has 2 amide bonds. The molecule has 0 spiro atoms. The van der Waals surface area contributed by atoms with Crippen molar-refractivity contribution in [2.75, 3.05) is 17.4 Å². The minimum atomic E-state index is -4.23. The number of carbonyl (C=O) groups excluding carboxylic acids is 2. The van der Waals surface area contributed by atoms with E-state index in [2.05, 4.69) is 5.32 Å². The van der Waals surface area contributed by atoms with Gasteiger partial charge < -0.3 is 10.2 Å². The number of carbonyl (C=O) groups is 2. The summed E-state index contributed by atoms with van der Waals surface area (Å²) in [6, 6.07) is 21.4. The summed E-state index contributed by atoms with van der Waals surface area (Å²) in [4.78, 5) is 39.1. The van der Waals surface area contributed by atoms with Crippen LogP contribution in [-0.2, 0) is 26.0 Å². The van der Waals surface area contributed by atoms with Gasteiger partial charge in [-0.3, -0.25) is 24.0 Å². The third-order valence-corrected chi connectivity index (χ3v) is 9.10. The molecule has 0 bridgehead atoms. The molecule has 0 radical (unpaired) electrons. The van der Waals surface area contributed by atoms with Crippen LogP contribution in [0.5, 0.6) is 0 Å². The van der Waals surface area contributed by atoms with Crippen LogP contribution in [0.4, 0.5) is 11.4 Å². The smallest absolute Gasteiger partial charge is 0.269 e. The number of sulfonamides is 1. The van der Waals surface area contributed by atoms with Crippen molar-refractivity contribution in [3.63, 3.8) is 0 Å². The van der Waals surface area contributed by atoms with Gasteiger partial charge in [-0.05, 0) is 56.0 Å². The van der Waals surface area contributed by atoms with E-state index in [4.69, 9.17) is 0 Å². The normalized spacial score (nSPS) is 14.3. The molecule has 1 aliphatic carbocycles. The second kappa shape index (κ2) is 13.4. The third kappa shape index (κ3) is 7.49. The highest BCUT2D eigenvalue weighted by molar-refractivity contribution is 7.92. The largest absolute Gasteiger partial charge is 0.352 e. The molecule has 41 heavy (non-hydrogen) atoms. The summed E-state index contributed by atoms with van der Waals surface area (Å²) in [6.07, 6.45) is 4.32. The number of non-ortho nitro benzene ring substituents is 1. The average molecular weight is 579 g/mol. The van der Waals surface area contributed by atoms with Gasteiger partial charge in [-0.2, -0.15) is 0 Å². The maximum absolute atomic E-state index is 13.9. The van der Waals surface area contributed by atoms with Crippen LogP contribution in [0.3, 0.4) is 0 Å². The molecule has 0 aromatic heterocycles. The number of hydrogen-bond acceptors (Lipinski definition) is 6. The SMILES string of the molecule is CC(C(=O)NC1CCCC1)N(CCc1ccccc1)C(=O)CN(c1ccc([N+](=O)[O-])cc1)S(=O)(=O)c1ccccc1. The Bertz CT molecular complexity index is 1440. The van der Waals surface area contributed by atoms with E-state index in [1.165, 1.54) is 41.3 Å². The van der Waals surface area contributed by atoms with Crippen LogP contribution >= 0.6 is 0 Å². The Hall–Kier alpha value is -4.25.